The molecule has 0 saturated heterocycles. The van der Waals surface area contributed by atoms with Gasteiger partial charge in [0.15, 0.2) is 6.61 Å². The van der Waals surface area contributed by atoms with E-state index in [0.717, 1.165) is 28.3 Å². The van der Waals surface area contributed by atoms with Gasteiger partial charge in [0.2, 0.25) is 5.91 Å². The summed E-state index contributed by atoms with van der Waals surface area (Å²) < 4.78 is 5.79. The van der Waals surface area contributed by atoms with Crippen molar-refractivity contribution >= 4 is 35.0 Å². The molecule has 0 saturated carbocycles. The lowest BCUT2D eigenvalue weighted by atomic mass is 10.0. The van der Waals surface area contributed by atoms with Crippen molar-refractivity contribution in [2.45, 2.75) is 36.3 Å². The van der Waals surface area contributed by atoms with Crippen LogP contribution in [0.5, 0.6) is 5.75 Å². The van der Waals surface area contributed by atoms with Gasteiger partial charge in [-0.05, 0) is 48.7 Å². The molecule has 0 aliphatic carbocycles. The van der Waals surface area contributed by atoms with E-state index in [4.69, 9.17) is 4.74 Å². The fourth-order valence-electron chi connectivity index (χ4n) is 3.42. The molecule has 2 aliphatic heterocycles. The van der Waals surface area contributed by atoms with E-state index in [-0.39, 0.29) is 18.4 Å². The Hall–Kier alpha value is -2.47. The second kappa shape index (κ2) is 7.64. The number of nitrogens with zero attached hydrogens (tertiary/aromatic N) is 1. The Kier molecular flexibility index (Phi) is 5.07. The quantitative estimate of drug-likeness (QED) is 0.876. The van der Waals surface area contributed by atoms with Gasteiger partial charge in [-0.25, -0.2) is 0 Å². The van der Waals surface area contributed by atoms with Gasteiger partial charge in [0.25, 0.3) is 5.91 Å². The average Bonchev–Trinajstić information content (AvgIpc) is 2.84. The van der Waals surface area contributed by atoms with Crippen LogP contribution in [0.1, 0.15) is 25.3 Å². The number of hydrogen-bond donors (Lipinski definition) is 1. The summed E-state index contributed by atoms with van der Waals surface area (Å²) in [7, 11) is 0. The third-order valence-corrected chi connectivity index (χ3v) is 6.12. The van der Waals surface area contributed by atoms with Crippen LogP contribution in [-0.4, -0.2) is 30.2 Å². The van der Waals surface area contributed by atoms with Crippen LogP contribution in [0.25, 0.3) is 0 Å². The third kappa shape index (κ3) is 3.95. The Morgan fingerprint density at radius 2 is 2.11 bits per heavy atom. The number of ether oxygens (including phenoxy) is 1. The molecule has 1 atom stereocenters. The maximum Gasteiger partial charge on any atom is 0.264 e. The van der Waals surface area contributed by atoms with Crippen LogP contribution < -0.4 is 15.0 Å². The Bertz CT molecular complexity index is 883. The van der Waals surface area contributed by atoms with E-state index in [1.807, 2.05) is 47.0 Å². The first kappa shape index (κ1) is 17.9. The van der Waals surface area contributed by atoms with Crippen LogP contribution in [-0.2, 0) is 16.0 Å². The fourth-order valence-corrected chi connectivity index (χ4v) is 4.53. The van der Waals surface area contributed by atoms with Gasteiger partial charge >= 0.3 is 0 Å². The molecule has 5 nitrogen and oxygen atoms in total. The van der Waals surface area contributed by atoms with Crippen LogP contribution in [0, 0.1) is 0 Å². The Morgan fingerprint density at radius 1 is 1.26 bits per heavy atom. The second-order valence-corrected chi connectivity index (χ2v) is 8.37. The van der Waals surface area contributed by atoms with Crippen LogP contribution in [0.15, 0.2) is 47.4 Å². The summed E-state index contributed by atoms with van der Waals surface area (Å²) in [5.41, 5.74) is 2.84. The lowest BCUT2D eigenvalue weighted by molar-refractivity contribution is -0.120. The molecule has 2 amide bonds. The zero-order chi connectivity index (χ0) is 18.8. The van der Waals surface area contributed by atoms with Gasteiger partial charge in [0.05, 0.1) is 5.69 Å². The van der Waals surface area contributed by atoms with Crippen molar-refractivity contribution in [2.24, 2.45) is 0 Å². The standard InChI is InChI=1S/C21H22N2O3S/c1-14-10-11-23(18-4-2-3-5-19(18)27-14)21(25)13-26-16-7-8-17-15(12-16)6-9-20(24)22-17/h2-5,7-8,12,14H,6,9-11,13H2,1H3,(H,22,24). The summed E-state index contributed by atoms with van der Waals surface area (Å²) in [4.78, 5) is 27.3. The average molecular weight is 382 g/mol. The topological polar surface area (TPSA) is 58.6 Å². The molecule has 0 bridgehead atoms. The Balaban J connectivity index is 1.46. The summed E-state index contributed by atoms with van der Waals surface area (Å²) in [6.07, 6.45) is 2.13. The minimum Gasteiger partial charge on any atom is -0.484 e. The van der Waals surface area contributed by atoms with Crippen LogP contribution in [0.3, 0.4) is 0 Å². The number of hydrogen-bond acceptors (Lipinski definition) is 4. The first-order chi connectivity index (χ1) is 13.1. The van der Waals surface area contributed by atoms with E-state index in [0.29, 0.717) is 30.4 Å². The molecule has 0 radical (unpaired) electrons. The highest BCUT2D eigenvalue weighted by atomic mass is 32.2. The van der Waals surface area contributed by atoms with E-state index in [9.17, 15) is 9.59 Å². The van der Waals surface area contributed by atoms with Crippen molar-refractivity contribution in [3.63, 3.8) is 0 Å². The van der Waals surface area contributed by atoms with E-state index in [2.05, 4.69) is 18.3 Å². The fraction of sp³-hybridized carbons (Fsp3) is 0.333. The molecule has 6 heteroatoms. The largest absolute Gasteiger partial charge is 0.484 e. The van der Waals surface area contributed by atoms with Crippen molar-refractivity contribution in [1.82, 2.24) is 0 Å². The zero-order valence-corrected chi connectivity index (χ0v) is 16.1. The SMILES string of the molecule is CC1CCN(C(=O)COc2ccc3c(c2)CCC(=O)N3)c2ccccc2S1. The van der Waals surface area contributed by atoms with Crippen molar-refractivity contribution in [1.29, 1.82) is 0 Å². The molecule has 140 valence electrons. The van der Waals surface area contributed by atoms with Crippen LogP contribution in [0.4, 0.5) is 11.4 Å². The molecule has 2 aromatic carbocycles. The maximum atomic E-state index is 12.9. The van der Waals surface area contributed by atoms with Crippen molar-refractivity contribution in [3.8, 4) is 5.75 Å². The van der Waals surface area contributed by atoms with Gasteiger partial charge < -0.3 is 15.0 Å². The summed E-state index contributed by atoms with van der Waals surface area (Å²) in [5, 5.41) is 3.33. The Morgan fingerprint density at radius 3 is 3.00 bits per heavy atom. The molecule has 0 spiro atoms. The third-order valence-electron chi connectivity index (χ3n) is 4.88. The van der Waals surface area contributed by atoms with Crippen LogP contribution in [0.2, 0.25) is 0 Å². The first-order valence-corrected chi connectivity index (χ1v) is 10.1. The summed E-state index contributed by atoms with van der Waals surface area (Å²) in [6.45, 7) is 2.89. The number of benzene rings is 2. The van der Waals surface area contributed by atoms with Gasteiger partial charge in [-0.15, -0.1) is 11.8 Å². The molecule has 0 aromatic heterocycles. The maximum absolute atomic E-state index is 12.9. The summed E-state index contributed by atoms with van der Waals surface area (Å²) in [5.74, 6) is 0.658. The van der Waals surface area contributed by atoms with Crippen LogP contribution >= 0.6 is 11.8 Å². The molecule has 0 fully saturated rings. The minimum absolute atomic E-state index is 0.00146. The first-order valence-electron chi connectivity index (χ1n) is 9.22. The summed E-state index contributed by atoms with van der Waals surface area (Å²) >= 11 is 1.81. The smallest absolute Gasteiger partial charge is 0.264 e. The lowest BCUT2D eigenvalue weighted by Gasteiger charge is -2.23. The lowest BCUT2D eigenvalue weighted by Crippen LogP contribution is -2.36. The normalized spacial score (nSPS) is 18.8. The van der Waals surface area contributed by atoms with Gasteiger partial charge in [0.1, 0.15) is 5.75 Å². The number of aryl methyl sites for hydroxylation is 1. The van der Waals surface area contributed by atoms with E-state index >= 15 is 0 Å². The summed E-state index contributed by atoms with van der Waals surface area (Å²) in [6, 6.07) is 13.6. The van der Waals surface area contributed by atoms with Gasteiger partial charge in [-0.1, -0.05) is 19.1 Å². The highest BCUT2D eigenvalue weighted by Crippen LogP contribution is 2.37. The number of carbonyl (C=O) groups is 2. The second-order valence-electron chi connectivity index (χ2n) is 6.89. The molecule has 1 unspecified atom stereocenters. The molecule has 2 heterocycles. The van der Waals surface area contributed by atoms with E-state index in [1.54, 1.807) is 6.07 Å². The van der Waals surface area contributed by atoms with E-state index < -0.39 is 0 Å². The predicted octanol–water partition coefficient (Wildman–Crippen LogP) is 3.87. The van der Waals surface area contributed by atoms with Crippen molar-refractivity contribution in [3.05, 3.63) is 48.0 Å². The number of para-hydroxylation sites is 1. The number of amides is 2. The van der Waals surface area contributed by atoms with Gasteiger partial charge in [-0.3, -0.25) is 9.59 Å². The molecule has 2 aromatic rings. The molecule has 4 rings (SSSR count). The highest BCUT2D eigenvalue weighted by Gasteiger charge is 2.24. The van der Waals surface area contributed by atoms with Gasteiger partial charge in [0, 0.05) is 28.8 Å². The molecular weight excluding hydrogens is 360 g/mol. The number of carbonyl (C=O) groups excluding carboxylic acids is 2. The number of thioether (sulfide) groups is 1. The van der Waals surface area contributed by atoms with Crippen molar-refractivity contribution in [2.75, 3.05) is 23.4 Å². The van der Waals surface area contributed by atoms with Crippen molar-refractivity contribution < 1.29 is 14.3 Å². The monoisotopic (exact) mass is 382 g/mol. The molecule has 2 aliphatic rings. The predicted molar refractivity (Wildman–Crippen MR) is 108 cm³/mol. The number of anilines is 2. The number of fused-ring (bicyclic) bond motifs is 2. The molecule has 1 N–H and O–H groups in total. The minimum atomic E-state index is -0.0387. The molecular formula is C21H22N2O3S. The molecule has 27 heavy (non-hydrogen) atoms. The highest BCUT2D eigenvalue weighted by molar-refractivity contribution is 8.00. The van der Waals surface area contributed by atoms with Gasteiger partial charge in [-0.2, -0.15) is 0 Å². The Labute approximate surface area is 163 Å². The van der Waals surface area contributed by atoms with E-state index in [1.165, 1.54) is 0 Å². The number of nitrogens with one attached hydrogen (secondary N) is 1. The number of rotatable bonds is 3. The zero-order valence-electron chi connectivity index (χ0n) is 15.2.